The normalized spacial score (nSPS) is 30.6. The highest BCUT2D eigenvalue weighted by molar-refractivity contribution is 5.98. The van der Waals surface area contributed by atoms with Gasteiger partial charge in [-0.15, -0.1) is 0 Å². The second-order valence-corrected chi connectivity index (χ2v) is 7.35. The van der Waals surface area contributed by atoms with Crippen LogP contribution in [0.15, 0.2) is 24.3 Å². The fourth-order valence-corrected chi connectivity index (χ4v) is 5.51. The van der Waals surface area contributed by atoms with Gasteiger partial charge in [0, 0.05) is 24.0 Å². The van der Waals surface area contributed by atoms with Gasteiger partial charge in [0.05, 0.1) is 11.6 Å². The van der Waals surface area contributed by atoms with Gasteiger partial charge < -0.3 is 4.57 Å². The summed E-state index contributed by atoms with van der Waals surface area (Å²) < 4.78 is 2.29. The second-order valence-electron chi connectivity index (χ2n) is 7.35. The highest BCUT2D eigenvalue weighted by atomic mass is 15.2. The third-order valence-corrected chi connectivity index (χ3v) is 6.49. The zero-order chi connectivity index (χ0) is 14.9. The van der Waals surface area contributed by atoms with Crippen molar-refractivity contribution in [1.29, 1.82) is 5.41 Å². The van der Waals surface area contributed by atoms with Crippen molar-refractivity contribution in [2.75, 3.05) is 13.1 Å². The average molecular weight is 293 g/mol. The smallest absolute Gasteiger partial charge is 0.105 e. The zero-order valence-electron chi connectivity index (χ0n) is 13.2. The van der Waals surface area contributed by atoms with Gasteiger partial charge >= 0.3 is 0 Å². The maximum atomic E-state index is 8.75. The highest BCUT2D eigenvalue weighted by Crippen LogP contribution is 2.56. The summed E-state index contributed by atoms with van der Waals surface area (Å²) in [6.07, 6.45) is 5.86. The van der Waals surface area contributed by atoms with Gasteiger partial charge in [0.15, 0.2) is 0 Å². The minimum atomic E-state index is 0.300. The van der Waals surface area contributed by atoms with Crippen LogP contribution in [0.2, 0.25) is 0 Å². The van der Waals surface area contributed by atoms with E-state index in [0.29, 0.717) is 11.5 Å². The number of para-hydroxylation sites is 1. The first-order chi connectivity index (χ1) is 10.7. The Morgan fingerprint density at radius 1 is 1.27 bits per heavy atom. The minimum Gasteiger partial charge on any atom is -0.300 e. The van der Waals surface area contributed by atoms with Gasteiger partial charge in [-0.1, -0.05) is 25.1 Å². The van der Waals surface area contributed by atoms with Crippen LogP contribution < -0.4 is 0 Å². The lowest BCUT2D eigenvalue weighted by atomic mass is 9.64. The molecule has 114 valence electrons. The molecule has 0 saturated carbocycles. The molecule has 2 aromatic rings. The molecule has 2 atom stereocenters. The van der Waals surface area contributed by atoms with Crippen molar-refractivity contribution in [3.05, 3.63) is 35.5 Å². The number of benzene rings is 1. The van der Waals surface area contributed by atoms with E-state index in [2.05, 4.69) is 40.7 Å². The van der Waals surface area contributed by atoms with E-state index in [1.807, 2.05) is 0 Å². The van der Waals surface area contributed by atoms with Crippen LogP contribution in [-0.4, -0.2) is 28.4 Å². The first-order valence-corrected chi connectivity index (χ1v) is 8.69. The fraction of sp³-hybridized carbons (Fsp3) is 0.526. The van der Waals surface area contributed by atoms with E-state index in [0.717, 1.165) is 18.7 Å². The lowest BCUT2D eigenvalue weighted by Crippen LogP contribution is -2.53. The molecule has 1 aromatic heterocycles. The number of nitrogens with one attached hydrogen (secondary N) is 1. The molecule has 4 heterocycles. The Morgan fingerprint density at radius 2 is 2.14 bits per heavy atom. The predicted octanol–water partition coefficient (Wildman–Crippen LogP) is 3.96. The van der Waals surface area contributed by atoms with Crippen molar-refractivity contribution < 1.29 is 0 Å². The third kappa shape index (κ3) is 1.38. The molecular weight excluding hydrogens is 270 g/mol. The third-order valence-electron chi connectivity index (χ3n) is 6.49. The van der Waals surface area contributed by atoms with Gasteiger partial charge in [-0.05, 0) is 49.3 Å². The Hall–Kier alpha value is -1.61. The fourth-order valence-electron chi connectivity index (χ4n) is 5.51. The Balaban J connectivity index is 1.88. The summed E-state index contributed by atoms with van der Waals surface area (Å²) in [7, 11) is 0. The molecule has 1 saturated heterocycles. The zero-order valence-corrected chi connectivity index (χ0v) is 13.2. The van der Waals surface area contributed by atoms with Gasteiger partial charge in [-0.2, -0.15) is 0 Å². The summed E-state index contributed by atoms with van der Waals surface area (Å²) in [4.78, 5) is 2.72. The van der Waals surface area contributed by atoms with Crippen LogP contribution in [0.1, 0.15) is 49.9 Å². The number of rotatable bonds is 1. The lowest BCUT2D eigenvalue weighted by Gasteiger charge is -2.55. The highest BCUT2D eigenvalue weighted by Gasteiger charge is 2.51. The molecule has 5 rings (SSSR count). The molecule has 1 aromatic carbocycles. The Labute approximate surface area is 131 Å². The molecule has 0 aliphatic carbocycles. The van der Waals surface area contributed by atoms with Gasteiger partial charge in [0.2, 0.25) is 0 Å². The lowest BCUT2D eigenvalue weighted by molar-refractivity contribution is -0.00363. The number of aromatic nitrogens is 1. The van der Waals surface area contributed by atoms with E-state index >= 15 is 0 Å². The molecule has 22 heavy (non-hydrogen) atoms. The molecule has 1 fully saturated rings. The molecule has 3 aliphatic rings. The SMILES string of the molecule is CC[C@]12CCCN3CCc4c(n(c5ccccc45)C(=N)C1)[C@H]32. The van der Waals surface area contributed by atoms with E-state index in [9.17, 15) is 0 Å². The van der Waals surface area contributed by atoms with E-state index in [-0.39, 0.29) is 0 Å². The molecule has 3 heteroatoms. The molecule has 0 bridgehead atoms. The van der Waals surface area contributed by atoms with Crippen molar-refractivity contribution in [3.63, 3.8) is 0 Å². The quantitative estimate of drug-likeness (QED) is 0.848. The minimum absolute atomic E-state index is 0.300. The van der Waals surface area contributed by atoms with Gasteiger partial charge in [-0.25, -0.2) is 0 Å². The molecule has 1 N–H and O–H groups in total. The number of piperidine rings is 1. The molecule has 0 amide bonds. The topological polar surface area (TPSA) is 32.0 Å². The van der Waals surface area contributed by atoms with Crippen LogP contribution in [0, 0.1) is 10.8 Å². The maximum Gasteiger partial charge on any atom is 0.105 e. The summed E-state index contributed by atoms with van der Waals surface area (Å²) in [6, 6.07) is 9.26. The predicted molar refractivity (Wildman–Crippen MR) is 89.7 cm³/mol. The summed E-state index contributed by atoms with van der Waals surface area (Å²) in [5, 5.41) is 10.1. The standard InChI is InChI=1S/C19H23N3/c1-2-19-9-5-10-21-11-8-14-13-6-3-4-7-15(13)22(16(20)12-19)17(14)18(19)21/h3-4,6-7,18,20H,2,5,8-12H2,1H3/t18-,19-/m0/s1. The van der Waals surface area contributed by atoms with Crippen molar-refractivity contribution in [2.45, 2.75) is 45.1 Å². The summed E-state index contributed by atoms with van der Waals surface area (Å²) >= 11 is 0. The number of hydrogen-bond acceptors (Lipinski definition) is 2. The summed E-state index contributed by atoms with van der Waals surface area (Å²) in [6.45, 7) is 4.77. The van der Waals surface area contributed by atoms with Gasteiger partial charge in [0.25, 0.3) is 0 Å². The van der Waals surface area contributed by atoms with Crippen molar-refractivity contribution >= 4 is 16.7 Å². The van der Waals surface area contributed by atoms with Crippen LogP contribution in [0.5, 0.6) is 0 Å². The van der Waals surface area contributed by atoms with Crippen LogP contribution >= 0.6 is 0 Å². The first-order valence-electron chi connectivity index (χ1n) is 8.69. The van der Waals surface area contributed by atoms with Crippen LogP contribution in [-0.2, 0) is 6.42 Å². The average Bonchev–Trinajstić information content (AvgIpc) is 2.89. The first kappa shape index (κ1) is 12.9. The van der Waals surface area contributed by atoms with E-state index in [1.165, 1.54) is 54.5 Å². The molecule has 0 radical (unpaired) electrons. The number of nitrogens with zero attached hydrogens (tertiary/aromatic N) is 2. The van der Waals surface area contributed by atoms with Crippen molar-refractivity contribution in [3.8, 4) is 0 Å². The number of fused-ring (bicyclic) bond motifs is 3. The van der Waals surface area contributed by atoms with Gasteiger partial charge in [-0.3, -0.25) is 10.3 Å². The summed E-state index contributed by atoms with van der Waals surface area (Å²) in [5.41, 5.74) is 4.55. The summed E-state index contributed by atoms with van der Waals surface area (Å²) in [5.74, 6) is 0.819. The van der Waals surface area contributed by atoms with Crippen molar-refractivity contribution in [2.24, 2.45) is 5.41 Å². The Bertz CT molecular complexity index is 787. The molecular formula is C19H23N3. The molecule has 3 aliphatic heterocycles. The Kier molecular flexibility index (Phi) is 2.48. The monoisotopic (exact) mass is 293 g/mol. The van der Waals surface area contributed by atoms with Crippen LogP contribution in [0.25, 0.3) is 10.9 Å². The van der Waals surface area contributed by atoms with Crippen LogP contribution in [0.3, 0.4) is 0 Å². The van der Waals surface area contributed by atoms with Crippen molar-refractivity contribution in [1.82, 2.24) is 9.47 Å². The van der Waals surface area contributed by atoms with E-state index in [1.54, 1.807) is 0 Å². The Morgan fingerprint density at radius 3 is 3.00 bits per heavy atom. The molecule has 3 nitrogen and oxygen atoms in total. The van der Waals surface area contributed by atoms with Gasteiger partial charge in [0.1, 0.15) is 5.84 Å². The second kappa shape index (κ2) is 4.23. The van der Waals surface area contributed by atoms with Crippen LogP contribution in [0.4, 0.5) is 0 Å². The van der Waals surface area contributed by atoms with E-state index < -0.39 is 0 Å². The largest absolute Gasteiger partial charge is 0.300 e. The number of hydrogen-bond donors (Lipinski definition) is 1. The molecule has 0 spiro atoms. The molecule has 0 unspecified atom stereocenters. The maximum absolute atomic E-state index is 8.75. The van der Waals surface area contributed by atoms with E-state index in [4.69, 9.17) is 5.41 Å².